The van der Waals surface area contributed by atoms with E-state index < -0.39 is 0 Å². The Morgan fingerprint density at radius 1 is 1.45 bits per heavy atom. The summed E-state index contributed by atoms with van der Waals surface area (Å²) in [4.78, 5) is 11.7. The molecule has 5 heteroatoms. The van der Waals surface area contributed by atoms with Gasteiger partial charge in [-0.2, -0.15) is 0 Å². The first kappa shape index (κ1) is 18.7. The van der Waals surface area contributed by atoms with Crippen LogP contribution in [0.4, 0.5) is 5.69 Å². The summed E-state index contributed by atoms with van der Waals surface area (Å²) in [5, 5.41) is 2.90. The normalized spacial score (nSPS) is 11.4. The van der Waals surface area contributed by atoms with Crippen molar-refractivity contribution in [2.24, 2.45) is 5.73 Å². The van der Waals surface area contributed by atoms with Gasteiger partial charge in [0.1, 0.15) is 5.75 Å². The fourth-order valence-electron chi connectivity index (χ4n) is 1.66. The van der Waals surface area contributed by atoms with Crippen LogP contribution in [0, 0.1) is 6.92 Å². The molecule has 1 atom stereocenters. The highest BCUT2D eigenvalue weighted by atomic mass is 35.5. The molecule has 0 aliphatic heterocycles. The van der Waals surface area contributed by atoms with Gasteiger partial charge in [-0.1, -0.05) is 6.92 Å². The molecule has 0 aliphatic carbocycles. The average Bonchev–Trinajstić information content (AvgIpc) is 2.37. The summed E-state index contributed by atoms with van der Waals surface area (Å²) in [6.07, 6.45) is 2.13. The third kappa shape index (κ3) is 6.78. The van der Waals surface area contributed by atoms with Crippen LogP contribution in [0.25, 0.3) is 0 Å². The molecule has 1 aromatic carbocycles. The van der Waals surface area contributed by atoms with Crippen LogP contribution in [-0.2, 0) is 4.79 Å². The average molecular weight is 301 g/mol. The zero-order valence-corrected chi connectivity index (χ0v) is 13.3. The lowest BCUT2D eigenvalue weighted by Crippen LogP contribution is -2.19. The zero-order chi connectivity index (χ0) is 14.3. The molecule has 1 unspecified atom stereocenters. The van der Waals surface area contributed by atoms with E-state index in [1.165, 1.54) is 0 Å². The van der Waals surface area contributed by atoms with E-state index in [0.717, 1.165) is 23.4 Å². The number of anilines is 1. The smallest absolute Gasteiger partial charge is 0.224 e. The molecule has 1 rings (SSSR count). The van der Waals surface area contributed by atoms with Gasteiger partial charge in [0.15, 0.2) is 0 Å². The van der Waals surface area contributed by atoms with Crippen LogP contribution in [0.3, 0.4) is 0 Å². The lowest BCUT2D eigenvalue weighted by atomic mass is 10.1. The predicted molar refractivity (Wildman–Crippen MR) is 85.7 cm³/mol. The van der Waals surface area contributed by atoms with E-state index in [2.05, 4.69) is 12.2 Å². The fraction of sp³-hybridized carbons (Fsp3) is 0.533. The Morgan fingerprint density at radius 2 is 2.15 bits per heavy atom. The van der Waals surface area contributed by atoms with E-state index in [0.29, 0.717) is 19.4 Å². The van der Waals surface area contributed by atoms with Crippen LogP contribution >= 0.6 is 12.4 Å². The molecular formula is C15H25ClN2O2. The van der Waals surface area contributed by atoms with Crippen molar-refractivity contribution in [3.05, 3.63) is 23.8 Å². The van der Waals surface area contributed by atoms with E-state index in [1.54, 1.807) is 0 Å². The minimum absolute atomic E-state index is 0. The number of amides is 1. The summed E-state index contributed by atoms with van der Waals surface area (Å²) in [6.45, 7) is 6.64. The van der Waals surface area contributed by atoms with Crippen LogP contribution in [0.1, 0.15) is 38.7 Å². The van der Waals surface area contributed by atoms with Crippen molar-refractivity contribution in [3.63, 3.8) is 0 Å². The van der Waals surface area contributed by atoms with Crippen LogP contribution in [-0.4, -0.2) is 18.6 Å². The van der Waals surface area contributed by atoms with Crippen molar-refractivity contribution in [1.82, 2.24) is 0 Å². The van der Waals surface area contributed by atoms with Crippen molar-refractivity contribution in [3.8, 4) is 5.75 Å². The summed E-state index contributed by atoms with van der Waals surface area (Å²) in [5.74, 6) is 0.843. The SMILES string of the molecule is CCCOc1ccc(NC(=O)CCC(C)N)c(C)c1.Cl. The summed E-state index contributed by atoms with van der Waals surface area (Å²) < 4.78 is 5.55. The third-order valence-corrected chi connectivity index (χ3v) is 2.77. The Morgan fingerprint density at radius 3 is 2.70 bits per heavy atom. The Kier molecular flexibility index (Phi) is 9.01. The minimum atomic E-state index is 0. The second-order valence-corrected chi connectivity index (χ2v) is 4.89. The molecule has 0 saturated carbocycles. The predicted octanol–water partition coefficient (Wildman–Crippen LogP) is 3.27. The number of halogens is 1. The minimum Gasteiger partial charge on any atom is -0.494 e. The molecule has 3 N–H and O–H groups in total. The molecule has 1 amide bonds. The van der Waals surface area contributed by atoms with Gasteiger partial charge in [-0.05, 0) is 50.5 Å². The highest BCUT2D eigenvalue weighted by Crippen LogP contribution is 2.21. The molecule has 0 aromatic heterocycles. The van der Waals surface area contributed by atoms with Crippen LogP contribution in [0.2, 0.25) is 0 Å². The number of nitrogens with two attached hydrogens (primary N) is 1. The monoisotopic (exact) mass is 300 g/mol. The Balaban J connectivity index is 0.00000361. The van der Waals surface area contributed by atoms with Gasteiger partial charge in [0.25, 0.3) is 0 Å². The van der Waals surface area contributed by atoms with Gasteiger partial charge in [-0.15, -0.1) is 12.4 Å². The number of hydrogen-bond acceptors (Lipinski definition) is 3. The maximum atomic E-state index is 11.7. The molecule has 4 nitrogen and oxygen atoms in total. The first-order chi connectivity index (χ1) is 9.02. The van der Waals surface area contributed by atoms with Gasteiger partial charge >= 0.3 is 0 Å². The Hall–Kier alpha value is -1.26. The highest BCUT2D eigenvalue weighted by molar-refractivity contribution is 5.91. The molecule has 0 aliphatic rings. The quantitative estimate of drug-likeness (QED) is 0.812. The molecule has 0 heterocycles. The number of aryl methyl sites for hydroxylation is 1. The summed E-state index contributed by atoms with van der Waals surface area (Å²) in [6, 6.07) is 5.75. The van der Waals surface area contributed by atoms with E-state index in [9.17, 15) is 4.79 Å². The van der Waals surface area contributed by atoms with Gasteiger partial charge < -0.3 is 15.8 Å². The number of hydrogen-bond donors (Lipinski definition) is 2. The van der Waals surface area contributed by atoms with Crippen molar-refractivity contribution < 1.29 is 9.53 Å². The van der Waals surface area contributed by atoms with Crippen molar-refractivity contribution in [1.29, 1.82) is 0 Å². The largest absolute Gasteiger partial charge is 0.494 e. The van der Waals surface area contributed by atoms with Gasteiger partial charge in [0.05, 0.1) is 6.61 Å². The van der Waals surface area contributed by atoms with Crippen LogP contribution in [0.5, 0.6) is 5.75 Å². The maximum Gasteiger partial charge on any atom is 0.224 e. The molecule has 0 saturated heterocycles. The highest BCUT2D eigenvalue weighted by Gasteiger charge is 2.07. The Labute approximate surface area is 127 Å². The molecule has 114 valence electrons. The maximum absolute atomic E-state index is 11.7. The summed E-state index contributed by atoms with van der Waals surface area (Å²) in [5.41, 5.74) is 7.47. The molecule has 1 aromatic rings. The molecule has 0 bridgehead atoms. The van der Waals surface area contributed by atoms with Gasteiger partial charge in [0, 0.05) is 18.2 Å². The molecule has 20 heavy (non-hydrogen) atoms. The number of rotatable bonds is 7. The first-order valence-electron chi connectivity index (χ1n) is 6.81. The van der Waals surface area contributed by atoms with Gasteiger partial charge in [-0.3, -0.25) is 4.79 Å². The zero-order valence-electron chi connectivity index (χ0n) is 12.4. The van der Waals surface area contributed by atoms with Gasteiger partial charge in [-0.25, -0.2) is 0 Å². The fourth-order valence-corrected chi connectivity index (χ4v) is 1.66. The van der Waals surface area contributed by atoms with E-state index >= 15 is 0 Å². The lowest BCUT2D eigenvalue weighted by molar-refractivity contribution is -0.116. The van der Waals surface area contributed by atoms with Crippen molar-refractivity contribution >= 4 is 24.0 Å². The number of benzene rings is 1. The summed E-state index contributed by atoms with van der Waals surface area (Å²) >= 11 is 0. The number of ether oxygens (including phenoxy) is 1. The first-order valence-corrected chi connectivity index (χ1v) is 6.81. The molecule has 0 spiro atoms. The number of nitrogens with one attached hydrogen (secondary N) is 1. The molecule has 0 radical (unpaired) electrons. The topological polar surface area (TPSA) is 64.3 Å². The second-order valence-electron chi connectivity index (χ2n) is 4.89. The van der Waals surface area contributed by atoms with E-state index in [1.807, 2.05) is 32.0 Å². The van der Waals surface area contributed by atoms with Crippen molar-refractivity contribution in [2.75, 3.05) is 11.9 Å². The Bertz CT molecular complexity index is 422. The van der Waals surface area contributed by atoms with E-state index in [4.69, 9.17) is 10.5 Å². The standard InChI is InChI=1S/C15H24N2O2.ClH/c1-4-9-19-13-6-7-14(11(2)10-13)17-15(18)8-5-12(3)16;/h6-7,10,12H,4-5,8-9,16H2,1-3H3,(H,17,18);1H. The van der Waals surface area contributed by atoms with Crippen molar-refractivity contribution in [2.45, 2.75) is 46.1 Å². The van der Waals surface area contributed by atoms with E-state index in [-0.39, 0.29) is 24.4 Å². The van der Waals surface area contributed by atoms with Crippen LogP contribution < -0.4 is 15.8 Å². The van der Waals surface area contributed by atoms with Gasteiger partial charge in [0.2, 0.25) is 5.91 Å². The number of carbonyl (C=O) groups is 1. The second kappa shape index (κ2) is 9.61. The third-order valence-electron chi connectivity index (χ3n) is 2.77. The lowest BCUT2D eigenvalue weighted by Gasteiger charge is -2.11. The summed E-state index contributed by atoms with van der Waals surface area (Å²) in [7, 11) is 0. The molecular weight excluding hydrogens is 276 g/mol. The van der Waals surface area contributed by atoms with Crippen LogP contribution in [0.15, 0.2) is 18.2 Å². The molecule has 0 fully saturated rings. The number of carbonyl (C=O) groups excluding carboxylic acids is 1.